The number of hydrogen-bond acceptors (Lipinski definition) is 2. The number of aldehydes is 1. The van der Waals surface area contributed by atoms with Gasteiger partial charge in [-0.2, -0.15) is 0 Å². The third kappa shape index (κ3) is 3.35. The number of hydrogen-bond donors (Lipinski definition) is 0. The van der Waals surface area contributed by atoms with E-state index in [-0.39, 0.29) is 5.92 Å². The highest BCUT2D eigenvalue weighted by molar-refractivity contribution is 5.52. The molecule has 0 radical (unpaired) electrons. The SMILES string of the molecule is C[C@H](C=O)CCN1CCCCC1. The van der Waals surface area contributed by atoms with E-state index in [2.05, 4.69) is 4.90 Å². The minimum Gasteiger partial charge on any atom is -0.303 e. The van der Waals surface area contributed by atoms with Gasteiger partial charge in [0.25, 0.3) is 0 Å². The van der Waals surface area contributed by atoms with Crippen molar-refractivity contribution in [1.29, 1.82) is 0 Å². The monoisotopic (exact) mass is 169 g/mol. The van der Waals surface area contributed by atoms with Crippen LogP contribution in [0.4, 0.5) is 0 Å². The summed E-state index contributed by atoms with van der Waals surface area (Å²) >= 11 is 0. The Balaban J connectivity index is 2.08. The van der Waals surface area contributed by atoms with Crippen molar-refractivity contribution >= 4 is 6.29 Å². The molecule has 1 heterocycles. The van der Waals surface area contributed by atoms with Crippen LogP contribution in [0.25, 0.3) is 0 Å². The van der Waals surface area contributed by atoms with Gasteiger partial charge in [-0.1, -0.05) is 13.3 Å². The van der Waals surface area contributed by atoms with E-state index in [0.29, 0.717) is 0 Å². The first-order valence-electron chi connectivity index (χ1n) is 5.00. The zero-order valence-electron chi connectivity index (χ0n) is 7.96. The predicted molar refractivity (Wildman–Crippen MR) is 50.1 cm³/mol. The molecule has 1 saturated heterocycles. The Morgan fingerprint density at radius 3 is 2.58 bits per heavy atom. The number of rotatable bonds is 4. The molecule has 0 aromatic carbocycles. The Hall–Kier alpha value is -0.370. The maximum absolute atomic E-state index is 10.4. The van der Waals surface area contributed by atoms with E-state index in [1.54, 1.807) is 0 Å². The van der Waals surface area contributed by atoms with Gasteiger partial charge in [0, 0.05) is 5.92 Å². The fourth-order valence-corrected chi connectivity index (χ4v) is 1.64. The summed E-state index contributed by atoms with van der Waals surface area (Å²) in [5.41, 5.74) is 0. The average molecular weight is 169 g/mol. The van der Waals surface area contributed by atoms with Gasteiger partial charge in [-0.25, -0.2) is 0 Å². The van der Waals surface area contributed by atoms with Gasteiger partial charge in [-0.3, -0.25) is 0 Å². The van der Waals surface area contributed by atoms with Crippen LogP contribution < -0.4 is 0 Å². The summed E-state index contributed by atoms with van der Waals surface area (Å²) < 4.78 is 0. The highest BCUT2D eigenvalue weighted by atomic mass is 16.1. The van der Waals surface area contributed by atoms with Crippen LogP contribution in [0, 0.1) is 5.92 Å². The van der Waals surface area contributed by atoms with Crippen LogP contribution in [0.2, 0.25) is 0 Å². The van der Waals surface area contributed by atoms with Crippen LogP contribution in [0.1, 0.15) is 32.6 Å². The molecule has 0 aliphatic carbocycles. The van der Waals surface area contributed by atoms with Crippen molar-refractivity contribution < 1.29 is 4.79 Å². The zero-order valence-corrected chi connectivity index (χ0v) is 7.96. The second-order valence-electron chi connectivity index (χ2n) is 3.80. The topological polar surface area (TPSA) is 20.3 Å². The quantitative estimate of drug-likeness (QED) is 0.597. The Morgan fingerprint density at radius 1 is 1.33 bits per heavy atom. The zero-order chi connectivity index (χ0) is 8.81. The standard InChI is InChI=1S/C10H19NO/c1-10(9-12)5-8-11-6-3-2-4-7-11/h9-10H,2-8H2,1H3/t10-/m0/s1. The van der Waals surface area contributed by atoms with E-state index >= 15 is 0 Å². The predicted octanol–water partition coefficient (Wildman–Crippen LogP) is 1.70. The molecule has 0 spiro atoms. The minimum atomic E-state index is 0.243. The van der Waals surface area contributed by atoms with Gasteiger partial charge < -0.3 is 9.69 Å². The molecule has 0 aromatic heterocycles. The molecule has 2 heteroatoms. The van der Waals surface area contributed by atoms with E-state index in [4.69, 9.17) is 0 Å². The smallest absolute Gasteiger partial charge is 0.122 e. The normalized spacial score (nSPS) is 22.1. The summed E-state index contributed by atoms with van der Waals surface area (Å²) in [6.07, 6.45) is 6.16. The lowest BCUT2D eigenvalue weighted by Crippen LogP contribution is -2.31. The second-order valence-corrected chi connectivity index (χ2v) is 3.80. The van der Waals surface area contributed by atoms with Crippen LogP contribution in [-0.2, 0) is 4.79 Å². The molecule has 2 nitrogen and oxygen atoms in total. The van der Waals surface area contributed by atoms with Crippen molar-refractivity contribution in [2.24, 2.45) is 5.92 Å². The van der Waals surface area contributed by atoms with E-state index in [0.717, 1.165) is 19.3 Å². The summed E-state index contributed by atoms with van der Waals surface area (Å²) in [6, 6.07) is 0. The van der Waals surface area contributed by atoms with Crippen molar-refractivity contribution in [3.8, 4) is 0 Å². The summed E-state index contributed by atoms with van der Waals surface area (Å²) in [5, 5.41) is 0. The second kappa shape index (κ2) is 5.31. The van der Waals surface area contributed by atoms with Crippen molar-refractivity contribution in [1.82, 2.24) is 4.90 Å². The molecule has 1 aliphatic rings. The third-order valence-corrected chi connectivity index (χ3v) is 2.58. The molecule has 0 N–H and O–H groups in total. The van der Waals surface area contributed by atoms with Gasteiger partial charge in [0.1, 0.15) is 6.29 Å². The summed E-state index contributed by atoms with van der Waals surface area (Å²) in [6.45, 7) is 5.59. The van der Waals surface area contributed by atoms with Crippen LogP contribution in [0.5, 0.6) is 0 Å². The molecule has 1 rings (SSSR count). The lowest BCUT2D eigenvalue weighted by atomic mass is 10.1. The first kappa shape index (κ1) is 9.72. The Morgan fingerprint density at radius 2 is 2.00 bits per heavy atom. The van der Waals surface area contributed by atoms with Crippen molar-refractivity contribution in [3.05, 3.63) is 0 Å². The molecule has 1 atom stereocenters. The van der Waals surface area contributed by atoms with Gasteiger partial charge in [-0.05, 0) is 38.9 Å². The molecular weight excluding hydrogens is 150 g/mol. The van der Waals surface area contributed by atoms with E-state index in [1.807, 2.05) is 6.92 Å². The molecule has 0 amide bonds. The maximum atomic E-state index is 10.4. The van der Waals surface area contributed by atoms with Crippen LogP contribution in [-0.4, -0.2) is 30.8 Å². The van der Waals surface area contributed by atoms with Gasteiger partial charge in [-0.15, -0.1) is 0 Å². The number of nitrogens with zero attached hydrogens (tertiary/aromatic N) is 1. The molecule has 0 saturated carbocycles. The van der Waals surface area contributed by atoms with Crippen molar-refractivity contribution in [2.75, 3.05) is 19.6 Å². The Labute approximate surface area is 74.9 Å². The van der Waals surface area contributed by atoms with Crippen molar-refractivity contribution in [3.63, 3.8) is 0 Å². The van der Waals surface area contributed by atoms with Gasteiger partial charge in [0.2, 0.25) is 0 Å². The molecule has 0 aromatic rings. The van der Waals surface area contributed by atoms with Crippen LogP contribution in [0.3, 0.4) is 0 Å². The van der Waals surface area contributed by atoms with E-state index in [1.165, 1.54) is 32.4 Å². The minimum absolute atomic E-state index is 0.243. The molecule has 1 fully saturated rings. The molecule has 70 valence electrons. The first-order valence-corrected chi connectivity index (χ1v) is 5.00. The van der Waals surface area contributed by atoms with E-state index < -0.39 is 0 Å². The first-order chi connectivity index (χ1) is 5.83. The molecule has 12 heavy (non-hydrogen) atoms. The molecular formula is C10H19NO. The Kier molecular flexibility index (Phi) is 4.30. The molecule has 0 unspecified atom stereocenters. The van der Waals surface area contributed by atoms with E-state index in [9.17, 15) is 4.79 Å². The fraction of sp³-hybridized carbons (Fsp3) is 0.900. The maximum Gasteiger partial charge on any atom is 0.122 e. The molecule has 0 bridgehead atoms. The third-order valence-electron chi connectivity index (χ3n) is 2.58. The largest absolute Gasteiger partial charge is 0.303 e. The average Bonchev–Trinajstić information content (AvgIpc) is 2.16. The van der Waals surface area contributed by atoms with Gasteiger partial charge >= 0.3 is 0 Å². The summed E-state index contributed by atoms with van der Waals surface area (Å²) in [4.78, 5) is 12.8. The number of piperidine rings is 1. The van der Waals surface area contributed by atoms with Gasteiger partial charge in [0.15, 0.2) is 0 Å². The summed E-state index contributed by atoms with van der Waals surface area (Å²) in [7, 11) is 0. The molecule has 1 aliphatic heterocycles. The highest BCUT2D eigenvalue weighted by Gasteiger charge is 2.10. The summed E-state index contributed by atoms with van der Waals surface area (Å²) in [5.74, 6) is 0.243. The fourth-order valence-electron chi connectivity index (χ4n) is 1.64. The van der Waals surface area contributed by atoms with Crippen LogP contribution in [0.15, 0.2) is 0 Å². The Bertz CT molecular complexity index is 130. The van der Waals surface area contributed by atoms with Crippen molar-refractivity contribution in [2.45, 2.75) is 32.6 Å². The highest BCUT2D eigenvalue weighted by Crippen LogP contribution is 2.10. The number of carbonyl (C=O) groups excluding carboxylic acids is 1. The van der Waals surface area contributed by atoms with Gasteiger partial charge in [0.05, 0.1) is 0 Å². The lowest BCUT2D eigenvalue weighted by Gasteiger charge is -2.26. The number of carbonyl (C=O) groups is 1. The number of likely N-dealkylation sites (tertiary alicyclic amines) is 1. The van der Waals surface area contributed by atoms with Crippen LogP contribution >= 0.6 is 0 Å². The lowest BCUT2D eigenvalue weighted by molar-refractivity contribution is -0.110.